The van der Waals surface area contributed by atoms with Gasteiger partial charge in [0.05, 0.1) is 6.54 Å². The normalized spacial score (nSPS) is 21.6. The van der Waals surface area contributed by atoms with E-state index >= 15 is 9.59 Å². The van der Waals surface area contributed by atoms with Crippen LogP contribution in [0.1, 0.15) is 59.5 Å². The van der Waals surface area contributed by atoms with Gasteiger partial charge in [0.2, 0.25) is 35.4 Å². The zero-order valence-corrected chi connectivity index (χ0v) is 42.7. The molecular formula is C58H66N10O9. The van der Waals surface area contributed by atoms with Gasteiger partial charge in [0.1, 0.15) is 54.7 Å². The lowest BCUT2D eigenvalue weighted by Gasteiger charge is -2.32. The van der Waals surface area contributed by atoms with E-state index in [1.807, 2.05) is 60.7 Å². The average Bonchev–Trinajstić information content (AvgIpc) is 4.08. The molecule has 2 aliphatic rings. The Morgan fingerprint density at radius 1 is 0.584 bits per heavy atom. The molecule has 3 heterocycles. The maximum Gasteiger partial charge on any atom is 0.407 e. The minimum atomic E-state index is -1.42. The fourth-order valence-corrected chi connectivity index (χ4v) is 9.65. The number of aromatic amines is 1. The summed E-state index contributed by atoms with van der Waals surface area (Å²) in [6.07, 6.45) is 0.652. The monoisotopic (exact) mass is 1050 g/mol. The van der Waals surface area contributed by atoms with Crippen molar-refractivity contribution in [2.24, 2.45) is 11.5 Å². The van der Waals surface area contributed by atoms with Gasteiger partial charge in [0.15, 0.2) is 0 Å². The summed E-state index contributed by atoms with van der Waals surface area (Å²) in [6.45, 7) is 0.617. The third-order valence-corrected chi connectivity index (χ3v) is 13.7. The summed E-state index contributed by atoms with van der Waals surface area (Å²) >= 11 is 0. The molecule has 7 atom stereocenters. The SMILES string of the molecule is NCCCC[C@@H]1NC(=O)[C@@H](Cc2c[nH]c3ccccc23)NC(=O)[C@H](c2ccccc2)NC(=O)C2C[C@@H](OC(=O)NCCN)CN2C(=O)C(Cc2ccccc2)NC(=O)C(Cc2ccc(OCc3ccccc3)cc2)NC1=O. The molecule has 7 amide bonds. The van der Waals surface area contributed by atoms with Crippen LogP contribution in [0.4, 0.5) is 4.79 Å². The first-order valence-corrected chi connectivity index (χ1v) is 26.0. The third-order valence-electron chi connectivity index (χ3n) is 13.7. The summed E-state index contributed by atoms with van der Waals surface area (Å²) in [4.78, 5) is 107. The Morgan fingerprint density at radius 2 is 1.17 bits per heavy atom. The molecule has 19 nitrogen and oxygen atoms in total. The molecule has 19 heteroatoms. The molecule has 2 saturated heterocycles. The number of carbonyl (C=O) groups is 7. The van der Waals surface area contributed by atoms with E-state index in [1.165, 1.54) is 4.90 Å². The molecule has 11 N–H and O–H groups in total. The molecule has 0 spiro atoms. The van der Waals surface area contributed by atoms with Gasteiger partial charge in [-0.25, -0.2) is 4.79 Å². The highest BCUT2D eigenvalue weighted by molar-refractivity contribution is 5.99. The number of nitrogens with two attached hydrogens (primary N) is 2. The van der Waals surface area contributed by atoms with E-state index in [1.54, 1.807) is 85.1 Å². The number of fused-ring (bicyclic) bond motifs is 2. The van der Waals surface area contributed by atoms with Crippen LogP contribution in [0.15, 0.2) is 146 Å². The van der Waals surface area contributed by atoms with Gasteiger partial charge in [0.25, 0.3) is 0 Å². The van der Waals surface area contributed by atoms with Crippen LogP contribution in [-0.2, 0) is 59.4 Å². The van der Waals surface area contributed by atoms with Crippen molar-refractivity contribution in [3.63, 3.8) is 0 Å². The molecule has 3 unspecified atom stereocenters. The van der Waals surface area contributed by atoms with E-state index in [-0.39, 0.29) is 51.7 Å². The summed E-state index contributed by atoms with van der Waals surface area (Å²) < 4.78 is 11.8. The van der Waals surface area contributed by atoms with Crippen molar-refractivity contribution in [1.82, 2.24) is 41.8 Å². The first kappa shape index (κ1) is 54.7. The van der Waals surface area contributed by atoms with Crippen LogP contribution in [0.5, 0.6) is 5.75 Å². The Hall–Kier alpha value is -8.55. The van der Waals surface area contributed by atoms with E-state index in [4.69, 9.17) is 20.9 Å². The largest absolute Gasteiger partial charge is 0.489 e. The van der Waals surface area contributed by atoms with E-state index in [0.29, 0.717) is 54.0 Å². The Morgan fingerprint density at radius 3 is 1.87 bits per heavy atom. The van der Waals surface area contributed by atoms with Gasteiger partial charge in [-0.15, -0.1) is 0 Å². The molecule has 5 aromatic carbocycles. The number of hydrogen-bond acceptors (Lipinski definition) is 11. The number of ether oxygens (including phenoxy) is 2. The van der Waals surface area contributed by atoms with Crippen molar-refractivity contribution in [3.8, 4) is 5.75 Å². The number of carbonyl (C=O) groups excluding carboxylic acids is 7. The predicted octanol–water partition coefficient (Wildman–Crippen LogP) is 3.37. The van der Waals surface area contributed by atoms with Crippen molar-refractivity contribution >= 4 is 52.4 Å². The first-order valence-electron chi connectivity index (χ1n) is 26.0. The van der Waals surface area contributed by atoms with Gasteiger partial charge >= 0.3 is 6.09 Å². The van der Waals surface area contributed by atoms with Crippen LogP contribution in [-0.4, -0.2) is 114 Å². The van der Waals surface area contributed by atoms with Crippen LogP contribution in [0.25, 0.3) is 10.9 Å². The number of alkyl carbamates (subject to hydrolysis) is 1. The average molecular weight is 1050 g/mol. The summed E-state index contributed by atoms with van der Waals surface area (Å²) in [7, 11) is 0. The summed E-state index contributed by atoms with van der Waals surface area (Å²) in [6, 6.07) is 33.6. The van der Waals surface area contributed by atoms with Crippen LogP contribution in [0.2, 0.25) is 0 Å². The number of amides is 7. The molecule has 6 aromatic rings. The smallest absolute Gasteiger partial charge is 0.407 e. The Kier molecular flexibility index (Phi) is 19.0. The number of benzene rings is 5. The van der Waals surface area contributed by atoms with Crippen LogP contribution < -0.4 is 48.1 Å². The van der Waals surface area contributed by atoms with Gasteiger partial charge in [-0.05, 0) is 71.8 Å². The molecule has 8 rings (SSSR count). The fourth-order valence-electron chi connectivity index (χ4n) is 9.65. The van der Waals surface area contributed by atoms with E-state index < -0.39 is 83.9 Å². The second-order valence-corrected chi connectivity index (χ2v) is 19.2. The molecule has 1 aromatic heterocycles. The lowest BCUT2D eigenvalue weighted by atomic mass is 9.99. The van der Waals surface area contributed by atoms with Gasteiger partial charge in [0, 0.05) is 55.9 Å². The minimum absolute atomic E-state index is 0.0385. The van der Waals surface area contributed by atoms with Crippen LogP contribution in [0.3, 0.4) is 0 Å². The van der Waals surface area contributed by atoms with Gasteiger partial charge in [-0.3, -0.25) is 28.8 Å². The van der Waals surface area contributed by atoms with Gasteiger partial charge in [-0.2, -0.15) is 0 Å². The van der Waals surface area contributed by atoms with Gasteiger partial charge < -0.3 is 62.7 Å². The highest BCUT2D eigenvalue weighted by Crippen LogP contribution is 2.26. The minimum Gasteiger partial charge on any atom is -0.489 e. The van der Waals surface area contributed by atoms with Crippen molar-refractivity contribution in [2.45, 2.75) is 93.9 Å². The highest BCUT2D eigenvalue weighted by atomic mass is 16.6. The molecule has 0 saturated carbocycles. The van der Waals surface area contributed by atoms with Crippen molar-refractivity contribution in [3.05, 3.63) is 174 Å². The van der Waals surface area contributed by atoms with Crippen molar-refractivity contribution in [2.75, 3.05) is 26.2 Å². The fraction of sp³-hybridized carbons (Fsp3) is 0.328. The van der Waals surface area contributed by atoms with Crippen LogP contribution in [0, 0.1) is 0 Å². The zero-order valence-electron chi connectivity index (χ0n) is 42.7. The van der Waals surface area contributed by atoms with Crippen molar-refractivity contribution in [1.29, 1.82) is 0 Å². The standard InChI is InChI=1S/C58H66N10O9/c59-27-13-12-22-46-52(69)64-47(30-38-23-25-42(26-24-38)76-36-39-16-6-2-7-17-39)53(70)66-49(31-37-14-4-1-5-15-37)57(74)68-35-43(77-58(75)61-29-28-60)33-50(68)55(72)67-51(40-18-8-3-9-19-40)56(73)65-48(54(71)63-46)32-41-34-62-45-21-11-10-20-44(41)45/h1-11,14-21,23-26,34,43,46-51,62H,12-13,22,27-33,35-36,59-60H2,(H,61,75)(H,63,71)(H,64,69)(H,65,73)(H,66,70)(H,67,72)/t43-,46+,47?,48-,49?,50?,51+/m1/s1. The highest BCUT2D eigenvalue weighted by Gasteiger charge is 2.45. The molecule has 77 heavy (non-hydrogen) atoms. The molecule has 0 bridgehead atoms. The maximum absolute atomic E-state index is 15.3. The second kappa shape index (κ2) is 26.8. The number of unbranched alkanes of at least 4 members (excludes halogenated alkanes) is 1. The molecule has 0 aliphatic carbocycles. The lowest BCUT2D eigenvalue weighted by molar-refractivity contribution is -0.143. The number of aromatic nitrogens is 1. The van der Waals surface area contributed by atoms with Crippen molar-refractivity contribution < 1.29 is 43.0 Å². The Labute approximate surface area is 446 Å². The third kappa shape index (κ3) is 14.9. The molecule has 2 fully saturated rings. The van der Waals surface area contributed by atoms with E-state index in [9.17, 15) is 24.0 Å². The van der Waals surface area contributed by atoms with Gasteiger partial charge in [-0.1, -0.05) is 121 Å². The summed E-state index contributed by atoms with van der Waals surface area (Å²) in [5.74, 6) is -3.76. The number of nitrogens with one attached hydrogen (secondary N) is 7. The van der Waals surface area contributed by atoms with E-state index in [2.05, 4.69) is 36.9 Å². The molecule has 0 radical (unpaired) electrons. The molecular weight excluding hydrogens is 981 g/mol. The van der Waals surface area contributed by atoms with Crippen LogP contribution >= 0.6 is 0 Å². The maximum atomic E-state index is 15.3. The zero-order chi connectivity index (χ0) is 54.1. The summed E-state index contributed by atoms with van der Waals surface area (Å²) in [5.41, 5.74) is 15.7. The molecule has 402 valence electrons. The Bertz CT molecular complexity index is 2960. The van der Waals surface area contributed by atoms with E-state index in [0.717, 1.165) is 16.5 Å². The lowest BCUT2D eigenvalue weighted by Crippen LogP contribution is -2.61. The molecule has 2 aliphatic heterocycles. The number of hydrogen-bond donors (Lipinski definition) is 9. The predicted molar refractivity (Wildman–Crippen MR) is 288 cm³/mol. The Balaban J connectivity index is 1.19. The number of para-hydroxylation sites is 1. The quantitative estimate of drug-likeness (QED) is 0.0598. The topological polar surface area (TPSA) is 281 Å². The second-order valence-electron chi connectivity index (χ2n) is 19.2. The first-order chi connectivity index (χ1) is 37.5. The number of H-pyrrole nitrogens is 1. The number of nitrogens with zero attached hydrogens (tertiary/aromatic N) is 1. The number of rotatable bonds is 17. The summed E-state index contributed by atoms with van der Waals surface area (Å²) in [5, 5.41) is 17.9.